The third kappa shape index (κ3) is 3.55. The van der Waals surface area contributed by atoms with Crippen LogP contribution in [-0.2, 0) is 0 Å². The molecule has 1 atom stereocenters. The molecule has 0 fully saturated rings. The lowest BCUT2D eigenvalue weighted by molar-refractivity contribution is 0.316. The minimum atomic E-state index is 0.279. The zero-order valence-electron chi connectivity index (χ0n) is 7.88. The van der Waals surface area contributed by atoms with E-state index in [2.05, 4.69) is 17.1 Å². The van der Waals surface area contributed by atoms with Crippen LogP contribution in [0.3, 0.4) is 0 Å². The van der Waals surface area contributed by atoms with Crippen molar-refractivity contribution in [1.29, 1.82) is 0 Å². The van der Waals surface area contributed by atoms with Crippen LogP contribution in [0.4, 0.5) is 0 Å². The quantitative estimate of drug-likeness (QED) is 0.268. The summed E-state index contributed by atoms with van der Waals surface area (Å²) < 4.78 is 1.03. The van der Waals surface area contributed by atoms with Gasteiger partial charge in [-0.15, -0.1) is 11.3 Å². The van der Waals surface area contributed by atoms with E-state index in [4.69, 9.17) is 10.9 Å². The van der Waals surface area contributed by atoms with Gasteiger partial charge in [-0.05, 0) is 6.42 Å². The van der Waals surface area contributed by atoms with Gasteiger partial charge in [0.15, 0.2) is 0 Å². The van der Waals surface area contributed by atoms with Gasteiger partial charge >= 0.3 is 0 Å². The molecule has 0 amide bonds. The molecule has 0 spiro atoms. The molecule has 78 valence electrons. The topological polar surface area (TPSA) is 71.5 Å². The Morgan fingerprint density at radius 1 is 1.86 bits per heavy atom. The fourth-order valence-corrected chi connectivity index (χ4v) is 2.94. The Bertz CT molecular complexity index is 287. The third-order valence-electron chi connectivity index (χ3n) is 1.70. The van der Waals surface area contributed by atoms with Crippen molar-refractivity contribution < 1.29 is 5.21 Å². The van der Waals surface area contributed by atoms with E-state index >= 15 is 0 Å². The molecule has 4 nitrogen and oxygen atoms in total. The third-order valence-corrected chi connectivity index (χ3v) is 3.98. The molecule has 1 rings (SSSR count). The maximum absolute atomic E-state index is 8.45. The van der Waals surface area contributed by atoms with Crippen LogP contribution in [-0.4, -0.2) is 21.3 Å². The molecule has 1 aromatic rings. The van der Waals surface area contributed by atoms with Crippen molar-refractivity contribution in [3.63, 3.8) is 0 Å². The summed E-state index contributed by atoms with van der Waals surface area (Å²) in [6.07, 6.45) is 3.35. The maximum Gasteiger partial charge on any atom is 0.150 e. The van der Waals surface area contributed by atoms with Gasteiger partial charge in [0.1, 0.15) is 10.2 Å². The number of nitrogens with two attached hydrogens (primary N) is 1. The highest BCUT2D eigenvalue weighted by Crippen LogP contribution is 2.28. The van der Waals surface area contributed by atoms with E-state index in [1.807, 2.05) is 5.38 Å². The van der Waals surface area contributed by atoms with E-state index in [9.17, 15) is 0 Å². The number of thiazole rings is 1. The molecular weight excluding hydrogens is 218 g/mol. The molecule has 0 aliphatic carbocycles. The molecule has 6 heteroatoms. The highest BCUT2D eigenvalue weighted by Gasteiger charge is 2.11. The molecule has 0 saturated heterocycles. The number of rotatable bonds is 5. The van der Waals surface area contributed by atoms with Gasteiger partial charge in [0.05, 0.1) is 0 Å². The number of amidine groups is 1. The van der Waals surface area contributed by atoms with Gasteiger partial charge in [0.2, 0.25) is 0 Å². The number of thioether (sulfide) groups is 1. The lowest BCUT2D eigenvalue weighted by atomic mass is 10.2. The van der Waals surface area contributed by atoms with Gasteiger partial charge in [0.25, 0.3) is 0 Å². The van der Waals surface area contributed by atoms with Crippen molar-refractivity contribution in [1.82, 2.24) is 4.98 Å². The van der Waals surface area contributed by atoms with Gasteiger partial charge in [-0.25, -0.2) is 4.98 Å². The van der Waals surface area contributed by atoms with Gasteiger partial charge in [0, 0.05) is 23.2 Å². The average molecular weight is 231 g/mol. The first-order valence-electron chi connectivity index (χ1n) is 4.28. The summed E-state index contributed by atoms with van der Waals surface area (Å²) in [6, 6.07) is 0. The van der Waals surface area contributed by atoms with E-state index < -0.39 is 0 Å². The normalized spacial score (nSPS) is 14.2. The lowest BCUT2D eigenvalue weighted by Gasteiger charge is -2.10. The molecule has 1 aromatic heterocycles. The van der Waals surface area contributed by atoms with Crippen molar-refractivity contribution in [3.05, 3.63) is 11.6 Å². The number of aromatic nitrogens is 1. The lowest BCUT2D eigenvalue weighted by Crippen LogP contribution is -2.18. The minimum Gasteiger partial charge on any atom is -0.409 e. The Labute approximate surface area is 91.2 Å². The molecule has 0 aliphatic heterocycles. The maximum atomic E-state index is 8.45. The number of hydrogen-bond donors (Lipinski definition) is 2. The summed E-state index contributed by atoms with van der Waals surface area (Å²) in [6.45, 7) is 2.08. The van der Waals surface area contributed by atoms with Crippen molar-refractivity contribution in [2.24, 2.45) is 10.9 Å². The molecule has 0 bridgehead atoms. The Balaban J connectivity index is 2.47. The van der Waals surface area contributed by atoms with Crippen molar-refractivity contribution in [2.75, 3.05) is 0 Å². The highest BCUT2D eigenvalue weighted by atomic mass is 32.2. The van der Waals surface area contributed by atoms with Crippen LogP contribution in [0.15, 0.2) is 21.1 Å². The first-order valence-corrected chi connectivity index (χ1v) is 6.04. The zero-order chi connectivity index (χ0) is 10.4. The molecule has 0 aliphatic rings. The van der Waals surface area contributed by atoms with E-state index in [1.54, 1.807) is 29.3 Å². The van der Waals surface area contributed by atoms with Gasteiger partial charge < -0.3 is 10.9 Å². The minimum absolute atomic E-state index is 0.279. The largest absolute Gasteiger partial charge is 0.409 e. The second-order valence-electron chi connectivity index (χ2n) is 2.74. The Morgan fingerprint density at radius 2 is 2.64 bits per heavy atom. The molecular formula is C8H13N3OS2. The van der Waals surface area contributed by atoms with E-state index in [0.717, 1.165) is 10.8 Å². The summed E-state index contributed by atoms with van der Waals surface area (Å²) >= 11 is 3.28. The first-order chi connectivity index (χ1) is 6.76. The number of nitrogens with zero attached hydrogens (tertiary/aromatic N) is 2. The fraction of sp³-hybridized carbons (Fsp3) is 0.500. The highest BCUT2D eigenvalue weighted by molar-refractivity contribution is 8.01. The average Bonchev–Trinajstić information content (AvgIpc) is 2.69. The van der Waals surface area contributed by atoms with Crippen LogP contribution in [0, 0.1) is 0 Å². The van der Waals surface area contributed by atoms with E-state index in [-0.39, 0.29) is 5.84 Å². The van der Waals surface area contributed by atoms with Gasteiger partial charge in [-0.1, -0.05) is 23.8 Å². The second kappa shape index (κ2) is 5.87. The monoisotopic (exact) mass is 231 g/mol. The van der Waals surface area contributed by atoms with Crippen LogP contribution in [0.25, 0.3) is 0 Å². The molecule has 0 saturated carbocycles. The van der Waals surface area contributed by atoms with E-state index in [1.165, 1.54) is 0 Å². The van der Waals surface area contributed by atoms with Crippen LogP contribution in [0.1, 0.15) is 19.8 Å². The summed E-state index contributed by atoms with van der Waals surface area (Å²) in [5, 5.41) is 13.7. The predicted molar refractivity (Wildman–Crippen MR) is 60.1 cm³/mol. The predicted octanol–water partition coefficient (Wildman–Crippen LogP) is 2.15. The van der Waals surface area contributed by atoms with Gasteiger partial charge in [-0.3, -0.25) is 0 Å². The molecule has 14 heavy (non-hydrogen) atoms. The van der Waals surface area contributed by atoms with E-state index in [0.29, 0.717) is 11.7 Å². The summed E-state index contributed by atoms with van der Waals surface area (Å²) in [4.78, 5) is 4.18. The zero-order valence-corrected chi connectivity index (χ0v) is 9.51. The summed E-state index contributed by atoms with van der Waals surface area (Å²) in [7, 11) is 0. The van der Waals surface area contributed by atoms with Crippen molar-refractivity contribution >= 4 is 28.9 Å². The first kappa shape index (κ1) is 11.3. The van der Waals surface area contributed by atoms with Crippen LogP contribution >= 0.6 is 23.1 Å². The standard InChI is InChI=1S/C8H13N3OS2/c1-2-6(5-7(9)11-12)14-8-10-3-4-13-8/h3-4,6,12H,2,5H2,1H3,(H2,9,11). The van der Waals surface area contributed by atoms with Crippen LogP contribution < -0.4 is 5.73 Å². The Kier molecular flexibility index (Phi) is 4.75. The van der Waals surface area contributed by atoms with Crippen LogP contribution in [0.2, 0.25) is 0 Å². The number of hydrogen-bond acceptors (Lipinski definition) is 5. The number of oxime groups is 1. The summed E-state index contributed by atoms with van der Waals surface area (Å²) in [5.74, 6) is 0.279. The Morgan fingerprint density at radius 3 is 3.14 bits per heavy atom. The summed E-state index contributed by atoms with van der Waals surface area (Å²) in [5.41, 5.74) is 5.45. The molecule has 0 radical (unpaired) electrons. The fourth-order valence-electron chi connectivity index (χ4n) is 0.955. The second-order valence-corrected chi connectivity index (χ2v) is 5.18. The Hall–Kier alpha value is -0.750. The molecule has 0 aromatic carbocycles. The van der Waals surface area contributed by atoms with Crippen LogP contribution in [0.5, 0.6) is 0 Å². The molecule has 3 N–H and O–H groups in total. The SMILES string of the molecule is CCC(CC(N)=NO)Sc1nccs1. The molecule has 1 unspecified atom stereocenters. The smallest absolute Gasteiger partial charge is 0.150 e. The molecule has 1 heterocycles. The van der Waals surface area contributed by atoms with Gasteiger partial charge in [-0.2, -0.15) is 0 Å². The van der Waals surface area contributed by atoms with Crippen molar-refractivity contribution in [3.8, 4) is 0 Å². The van der Waals surface area contributed by atoms with Crippen molar-refractivity contribution in [2.45, 2.75) is 29.4 Å².